The summed E-state index contributed by atoms with van der Waals surface area (Å²) in [5.41, 5.74) is 3.20. The fourth-order valence-electron chi connectivity index (χ4n) is 2.67. The summed E-state index contributed by atoms with van der Waals surface area (Å²) in [5, 5.41) is 14.1. The topological polar surface area (TPSA) is 72.2 Å². The first-order valence-electron chi connectivity index (χ1n) is 8.28. The maximum atomic E-state index is 12.2. The van der Waals surface area contributed by atoms with Crippen LogP contribution in [0.15, 0.2) is 53.4 Å². The van der Waals surface area contributed by atoms with Gasteiger partial charge in [-0.2, -0.15) is 5.10 Å². The molecule has 0 amide bonds. The minimum absolute atomic E-state index is 0.0888. The minimum atomic E-state index is -3.41. The summed E-state index contributed by atoms with van der Waals surface area (Å²) in [6.45, 7) is 1.76. The molecule has 8 heteroatoms. The van der Waals surface area contributed by atoms with Gasteiger partial charge >= 0.3 is 0 Å². The van der Waals surface area contributed by atoms with Crippen LogP contribution >= 0.6 is 23.2 Å². The van der Waals surface area contributed by atoms with Crippen molar-refractivity contribution in [3.8, 4) is 16.9 Å². The zero-order chi connectivity index (χ0) is 19.6. The molecule has 0 aliphatic heterocycles. The molecular weight excluding hydrogens is 407 g/mol. The van der Waals surface area contributed by atoms with Crippen LogP contribution in [0.25, 0.3) is 16.9 Å². The Balaban J connectivity index is 1.99. The highest BCUT2D eigenvalue weighted by Gasteiger charge is 2.16. The van der Waals surface area contributed by atoms with Crippen LogP contribution in [0.1, 0.15) is 12.0 Å². The maximum absolute atomic E-state index is 12.2. The van der Waals surface area contributed by atoms with Gasteiger partial charge in [-0.05, 0) is 43.2 Å². The molecule has 2 aromatic carbocycles. The number of aliphatic hydroxyl groups excluding tert-OH is 1. The van der Waals surface area contributed by atoms with Gasteiger partial charge in [0, 0.05) is 23.3 Å². The smallest absolute Gasteiger partial charge is 0.178 e. The Bertz CT molecular complexity index is 1060. The van der Waals surface area contributed by atoms with Gasteiger partial charge in [0.1, 0.15) is 0 Å². The third kappa shape index (κ3) is 4.35. The van der Waals surface area contributed by atoms with Crippen LogP contribution in [0.2, 0.25) is 10.2 Å². The highest BCUT2D eigenvalue weighted by Crippen LogP contribution is 2.29. The lowest BCUT2D eigenvalue weighted by Gasteiger charge is -2.10. The first-order valence-corrected chi connectivity index (χ1v) is 10.7. The summed E-state index contributed by atoms with van der Waals surface area (Å²) in [4.78, 5) is 0.218. The number of benzene rings is 2. The minimum Gasteiger partial charge on any atom is -0.396 e. The molecule has 0 radical (unpaired) electrons. The van der Waals surface area contributed by atoms with E-state index in [2.05, 4.69) is 5.10 Å². The third-order valence-electron chi connectivity index (χ3n) is 4.16. The van der Waals surface area contributed by atoms with Crippen molar-refractivity contribution < 1.29 is 13.5 Å². The summed E-state index contributed by atoms with van der Waals surface area (Å²) >= 11 is 12.3. The third-order valence-corrected chi connectivity index (χ3v) is 6.57. The number of aromatic nitrogens is 2. The Morgan fingerprint density at radius 3 is 2.41 bits per heavy atom. The zero-order valence-corrected chi connectivity index (χ0v) is 16.9. The molecule has 0 atom stereocenters. The van der Waals surface area contributed by atoms with Crippen LogP contribution in [0.4, 0.5) is 0 Å². The molecule has 1 N–H and O–H groups in total. The summed E-state index contributed by atoms with van der Waals surface area (Å²) < 4.78 is 26.1. The Morgan fingerprint density at radius 1 is 1.07 bits per heavy atom. The molecule has 0 fully saturated rings. The van der Waals surface area contributed by atoms with Crippen LogP contribution in [-0.2, 0) is 9.84 Å². The largest absolute Gasteiger partial charge is 0.396 e. The molecular formula is C19H18Cl2N2O3S. The van der Waals surface area contributed by atoms with Gasteiger partial charge < -0.3 is 5.11 Å². The van der Waals surface area contributed by atoms with Crippen molar-refractivity contribution in [1.29, 1.82) is 0 Å². The van der Waals surface area contributed by atoms with Gasteiger partial charge in [-0.1, -0.05) is 41.4 Å². The number of aryl methyl sites for hydroxylation is 1. The highest BCUT2D eigenvalue weighted by molar-refractivity contribution is 7.91. The summed E-state index contributed by atoms with van der Waals surface area (Å²) in [5.74, 6) is -0.0888. The average molecular weight is 425 g/mol. The zero-order valence-electron chi connectivity index (χ0n) is 14.6. The van der Waals surface area contributed by atoms with Crippen LogP contribution in [0, 0.1) is 6.92 Å². The van der Waals surface area contributed by atoms with E-state index in [0.717, 1.165) is 22.5 Å². The maximum Gasteiger partial charge on any atom is 0.178 e. The highest BCUT2D eigenvalue weighted by atomic mass is 35.5. The molecule has 27 heavy (non-hydrogen) atoms. The van der Waals surface area contributed by atoms with Gasteiger partial charge in [0.2, 0.25) is 0 Å². The quantitative estimate of drug-likeness (QED) is 0.639. The van der Waals surface area contributed by atoms with Gasteiger partial charge in [0.15, 0.2) is 15.0 Å². The second-order valence-electron chi connectivity index (χ2n) is 6.12. The number of hydrogen-bond acceptors (Lipinski definition) is 4. The standard InChI is InChI=1S/C19H18Cl2N2O3S/c1-13-3-6-15(11-17(13)20)23-18(12-19(21)22-23)14-4-7-16(8-5-14)27(25,26)10-2-9-24/h3-8,11-12,24H,2,9-10H2,1H3. The van der Waals surface area contributed by atoms with Crippen molar-refractivity contribution in [2.24, 2.45) is 0 Å². The molecule has 142 valence electrons. The molecule has 1 aromatic heterocycles. The van der Waals surface area contributed by atoms with E-state index in [0.29, 0.717) is 10.2 Å². The molecule has 0 saturated heterocycles. The number of nitrogens with zero attached hydrogens (tertiary/aromatic N) is 2. The van der Waals surface area contributed by atoms with Crippen LogP contribution in [0.5, 0.6) is 0 Å². The molecule has 3 aromatic rings. The first kappa shape index (κ1) is 19.9. The van der Waals surface area contributed by atoms with Gasteiger partial charge in [-0.3, -0.25) is 0 Å². The lowest BCUT2D eigenvalue weighted by molar-refractivity contribution is 0.295. The van der Waals surface area contributed by atoms with Gasteiger partial charge in [-0.15, -0.1) is 0 Å². The normalized spacial score (nSPS) is 11.7. The molecule has 1 heterocycles. The molecule has 0 aliphatic carbocycles. The van der Waals surface area contributed by atoms with Crippen molar-refractivity contribution in [1.82, 2.24) is 9.78 Å². The Labute approximate surface area is 168 Å². The number of rotatable bonds is 6. The Hall–Kier alpha value is -1.86. The summed E-state index contributed by atoms with van der Waals surface area (Å²) in [6, 6.07) is 13.8. The lowest BCUT2D eigenvalue weighted by atomic mass is 10.1. The van der Waals surface area contributed by atoms with E-state index < -0.39 is 9.84 Å². The second-order valence-corrected chi connectivity index (χ2v) is 9.02. The van der Waals surface area contributed by atoms with E-state index in [1.807, 2.05) is 19.1 Å². The lowest BCUT2D eigenvalue weighted by Crippen LogP contribution is -2.08. The summed E-state index contributed by atoms with van der Waals surface area (Å²) in [6.07, 6.45) is 0.209. The monoisotopic (exact) mass is 424 g/mol. The number of hydrogen-bond donors (Lipinski definition) is 1. The average Bonchev–Trinajstić information content (AvgIpc) is 3.04. The van der Waals surface area contributed by atoms with Gasteiger partial charge in [0.25, 0.3) is 0 Å². The predicted octanol–water partition coefficient (Wildman–Crippen LogP) is 4.31. The van der Waals surface area contributed by atoms with Gasteiger partial charge in [0.05, 0.1) is 22.0 Å². The fourth-order valence-corrected chi connectivity index (χ4v) is 4.32. The molecule has 0 saturated carbocycles. The molecule has 0 unspecified atom stereocenters. The van der Waals surface area contributed by atoms with Crippen LogP contribution < -0.4 is 0 Å². The molecule has 0 aliphatic rings. The second kappa shape index (κ2) is 8.02. The molecule has 3 rings (SSSR count). The number of sulfone groups is 1. The van der Waals surface area contributed by atoms with E-state index in [4.69, 9.17) is 28.3 Å². The van der Waals surface area contributed by atoms with E-state index in [9.17, 15) is 8.42 Å². The van der Waals surface area contributed by atoms with Gasteiger partial charge in [-0.25, -0.2) is 13.1 Å². The Kier molecular flexibility index (Phi) is 5.91. The van der Waals surface area contributed by atoms with Crippen LogP contribution in [0.3, 0.4) is 0 Å². The predicted molar refractivity (Wildman–Crippen MR) is 108 cm³/mol. The molecule has 5 nitrogen and oxygen atoms in total. The van der Waals surface area contributed by atoms with E-state index in [1.165, 1.54) is 0 Å². The van der Waals surface area contributed by atoms with Crippen molar-refractivity contribution in [2.45, 2.75) is 18.2 Å². The molecule has 0 bridgehead atoms. The van der Waals surface area contributed by atoms with E-state index in [1.54, 1.807) is 41.1 Å². The van der Waals surface area contributed by atoms with E-state index >= 15 is 0 Å². The summed E-state index contributed by atoms with van der Waals surface area (Å²) in [7, 11) is -3.41. The van der Waals surface area contributed by atoms with Crippen molar-refractivity contribution in [3.05, 3.63) is 64.3 Å². The van der Waals surface area contributed by atoms with Crippen LogP contribution in [-0.4, -0.2) is 35.7 Å². The fraction of sp³-hybridized carbons (Fsp3) is 0.211. The Morgan fingerprint density at radius 2 is 1.78 bits per heavy atom. The number of halogens is 2. The van der Waals surface area contributed by atoms with Crippen molar-refractivity contribution in [3.63, 3.8) is 0 Å². The van der Waals surface area contributed by atoms with Crippen molar-refractivity contribution >= 4 is 33.0 Å². The molecule has 0 spiro atoms. The van der Waals surface area contributed by atoms with E-state index in [-0.39, 0.29) is 23.7 Å². The SMILES string of the molecule is Cc1ccc(-n2nc(Cl)cc2-c2ccc(S(=O)(=O)CCCO)cc2)cc1Cl. The van der Waals surface area contributed by atoms with Crippen molar-refractivity contribution in [2.75, 3.05) is 12.4 Å². The number of aliphatic hydroxyl groups is 1. The first-order chi connectivity index (χ1) is 12.8.